The Morgan fingerprint density at radius 3 is 2.47 bits per heavy atom. The van der Waals surface area contributed by atoms with Crippen molar-refractivity contribution in [3.8, 4) is 5.75 Å². The van der Waals surface area contributed by atoms with E-state index < -0.39 is 12.1 Å². The van der Waals surface area contributed by atoms with E-state index >= 15 is 0 Å². The van der Waals surface area contributed by atoms with Gasteiger partial charge in [-0.3, -0.25) is 9.59 Å². The van der Waals surface area contributed by atoms with E-state index in [4.69, 9.17) is 4.74 Å². The highest BCUT2D eigenvalue weighted by Gasteiger charge is 2.46. The fraction of sp³-hybridized carbons (Fsp3) is 0.375. The van der Waals surface area contributed by atoms with Crippen molar-refractivity contribution in [1.82, 2.24) is 15.5 Å². The number of amides is 4. The molecule has 0 aliphatic carbocycles. The number of nitrogens with one attached hydrogen (secondary N) is 3. The van der Waals surface area contributed by atoms with Crippen LogP contribution in [0.3, 0.4) is 0 Å². The predicted octanol–water partition coefficient (Wildman–Crippen LogP) is 2.14. The first kappa shape index (κ1) is 21.7. The normalized spacial score (nSPS) is 22.2. The van der Waals surface area contributed by atoms with Crippen molar-refractivity contribution in [3.05, 3.63) is 59.2 Å². The minimum Gasteiger partial charge on any atom is -0.497 e. The van der Waals surface area contributed by atoms with Crippen LogP contribution in [-0.4, -0.2) is 54.5 Å². The van der Waals surface area contributed by atoms with Gasteiger partial charge in [0.15, 0.2) is 0 Å². The summed E-state index contributed by atoms with van der Waals surface area (Å²) in [4.78, 5) is 39.8. The van der Waals surface area contributed by atoms with Crippen LogP contribution in [-0.2, 0) is 16.0 Å². The molecule has 2 aromatic carbocycles. The molecule has 0 unspecified atom stereocenters. The number of rotatable bonds is 5. The number of anilines is 1. The van der Waals surface area contributed by atoms with Gasteiger partial charge in [-0.2, -0.15) is 0 Å². The minimum atomic E-state index is -0.616. The van der Waals surface area contributed by atoms with Crippen molar-refractivity contribution >= 4 is 23.5 Å². The topological polar surface area (TPSA) is 99.8 Å². The Morgan fingerprint density at radius 2 is 1.81 bits per heavy atom. The number of hydrogen-bond donors (Lipinski definition) is 3. The van der Waals surface area contributed by atoms with Gasteiger partial charge >= 0.3 is 6.03 Å². The van der Waals surface area contributed by atoms with E-state index in [1.54, 1.807) is 12.0 Å². The van der Waals surface area contributed by atoms with Crippen LogP contribution in [0.1, 0.15) is 23.1 Å². The Hall–Kier alpha value is -3.55. The van der Waals surface area contributed by atoms with Crippen LogP contribution in [0.2, 0.25) is 0 Å². The molecule has 4 rings (SSSR count). The van der Waals surface area contributed by atoms with Crippen molar-refractivity contribution in [3.63, 3.8) is 0 Å². The van der Waals surface area contributed by atoms with Gasteiger partial charge in [-0.05, 0) is 61.2 Å². The monoisotopic (exact) mass is 436 g/mol. The molecule has 0 aromatic heterocycles. The Morgan fingerprint density at radius 1 is 1.12 bits per heavy atom. The van der Waals surface area contributed by atoms with Gasteiger partial charge in [0, 0.05) is 18.7 Å². The number of hydrogen-bond acceptors (Lipinski definition) is 4. The summed E-state index contributed by atoms with van der Waals surface area (Å²) in [6, 6.07) is 11.4. The van der Waals surface area contributed by atoms with E-state index in [1.807, 2.05) is 56.3 Å². The number of nitrogens with zero attached hydrogens (tertiary/aromatic N) is 1. The second-order valence-corrected chi connectivity index (χ2v) is 8.53. The average molecular weight is 437 g/mol. The second-order valence-electron chi connectivity index (χ2n) is 8.53. The van der Waals surface area contributed by atoms with Crippen LogP contribution < -0.4 is 20.7 Å². The molecule has 168 valence electrons. The van der Waals surface area contributed by atoms with E-state index in [9.17, 15) is 14.4 Å². The van der Waals surface area contributed by atoms with Gasteiger partial charge < -0.3 is 25.6 Å². The zero-order valence-electron chi connectivity index (χ0n) is 18.5. The van der Waals surface area contributed by atoms with E-state index in [1.165, 1.54) is 0 Å². The lowest BCUT2D eigenvalue weighted by Crippen LogP contribution is -2.61. The molecule has 4 amide bonds. The SMILES string of the molecule is COc1ccc(C[C@@H]2NC(=O)[C@@H]3C[C@H](NC(=O)Nc4cc(C)cc(C)c4)CN3C2=O)cc1. The fourth-order valence-electron chi connectivity index (χ4n) is 4.50. The molecule has 2 aliphatic heterocycles. The van der Waals surface area contributed by atoms with Gasteiger partial charge in [-0.15, -0.1) is 0 Å². The third kappa shape index (κ3) is 4.69. The van der Waals surface area contributed by atoms with Crippen molar-refractivity contribution in [2.24, 2.45) is 0 Å². The Kier molecular flexibility index (Phi) is 6.03. The van der Waals surface area contributed by atoms with Gasteiger partial charge in [0.05, 0.1) is 13.2 Å². The largest absolute Gasteiger partial charge is 0.497 e. The van der Waals surface area contributed by atoms with Crippen LogP contribution in [0.4, 0.5) is 10.5 Å². The summed E-state index contributed by atoms with van der Waals surface area (Å²) in [6.07, 6.45) is 0.802. The number of urea groups is 1. The first-order valence-electron chi connectivity index (χ1n) is 10.7. The lowest BCUT2D eigenvalue weighted by molar-refractivity contribution is -0.147. The third-order valence-corrected chi connectivity index (χ3v) is 5.92. The van der Waals surface area contributed by atoms with E-state index in [0.717, 1.165) is 22.4 Å². The third-order valence-electron chi connectivity index (χ3n) is 5.92. The zero-order valence-corrected chi connectivity index (χ0v) is 18.5. The fourth-order valence-corrected chi connectivity index (χ4v) is 4.50. The molecule has 2 aliphatic rings. The van der Waals surface area contributed by atoms with E-state index in [-0.39, 0.29) is 23.9 Å². The quantitative estimate of drug-likeness (QED) is 0.669. The van der Waals surface area contributed by atoms with Gasteiger partial charge in [-0.1, -0.05) is 18.2 Å². The molecule has 0 saturated carbocycles. The van der Waals surface area contributed by atoms with Gasteiger partial charge in [0.1, 0.15) is 17.8 Å². The number of carbonyl (C=O) groups excluding carboxylic acids is 3. The molecule has 8 heteroatoms. The molecule has 8 nitrogen and oxygen atoms in total. The van der Waals surface area contributed by atoms with Gasteiger partial charge in [0.25, 0.3) is 0 Å². The number of benzene rings is 2. The number of aryl methyl sites for hydroxylation is 2. The molecule has 3 atom stereocenters. The molecule has 0 radical (unpaired) electrons. The van der Waals surface area contributed by atoms with Gasteiger partial charge in [0.2, 0.25) is 11.8 Å². The summed E-state index contributed by atoms with van der Waals surface area (Å²) in [5, 5.41) is 8.59. The first-order valence-corrected chi connectivity index (χ1v) is 10.7. The molecule has 2 aromatic rings. The summed E-state index contributed by atoms with van der Waals surface area (Å²) >= 11 is 0. The molecule has 32 heavy (non-hydrogen) atoms. The van der Waals surface area contributed by atoms with Crippen molar-refractivity contribution in [1.29, 1.82) is 0 Å². The van der Waals surface area contributed by atoms with Crippen LogP contribution in [0.5, 0.6) is 5.75 Å². The molecular formula is C24H28N4O4. The highest BCUT2D eigenvalue weighted by molar-refractivity contribution is 5.98. The molecule has 0 spiro atoms. The number of ether oxygens (including phenoxy) is 1. The van der Waals surface area contributed by atoms with Gasteiger partial charge in [-0.25, -0.2) is 4.79 Å². The maximum Gasteiger partial charge on any atom is 0.319 e. The van der Waals surface area contributed by atoms with Crippen LogP contribution >= 0.6 is 0 Å². The smallest absolute Gasteiger partial charge is 0.319 e. The first-order chi connectivity index (χ1) is 15.3. The number of fused-ring (bicyclic) bond motifs is 1. The summed E-state index contributed by atoms with van der Waals surface area (Å²) in [5.41, 5.74) is 3.76. The number of carbonyl (C=O) groups is 3. The van der Waals surface area contributed by atoms with Crippen LogP contribution in [0.25, 0.3) is 0 Å². The summed E-state index contributed by atoms with van der Waals surface area (Å²) in [7, 11) is 1.60. The van der Waals surface area contributed by atoms with Crippen LogP contribution in [0, 0.1) is 13.8 Å². The summed E-state index contributed by atoms with van der Waals surface area (Å²) in [5.74, 6) is 0.437. The molecule has 2 saturated heterocycles. The lowest BCUT2D eigenvalue weighted by Gasteiger charge is -2.34. The lowest BCUT2D eigenvalue weighted by atomic mass is 10.0. The molecule has 2 heterocycles. The summed E-state index contributed by atoms with van der Waals surface area (Å²) < 4.78 is 5.16. The molecular weight excluding hydrogens is 408 g/mol. The van der Waals surface area contributed by atoms with Crippen molar-refractivity contribution in [2.45, 2.75) is 44.8 Å². The number of piperazine rings is 1. The Labute approximate surface area is 187 Å². The van der Waals surface area contributed by atoms with Crippen molar-refractivity contribution in [2.75, 3.05) is 19.0 Å². The average Bonchev–Trinajstić information content (AvgIpc) is 3.16. The molecule has 3 N–H and O–H groups in total. The maximum absolute atomic E-state index is 13.0. The highest BCUT2D eigenvalue weighted by Crippen LogP contribution is 2.24. The van der Waals surface area contributed by atoms with Crippen molar-refractivity contribution < 1.29 is 19.1 Å². The maximum atomic E-state index is 13.0. The molecule has 0 bridgehead atoms. The standard InChI is InChI=1S/C24H28N4O4/c1-14-8-15(2)10-17(9-14)25-24(31)26-18-12-21-22(29)27-20(23(30)28(21)13-18)11-16-4-6-19(32-3)7-5-16/h4-10,18,20-21H,11-13H2,1-3H3,(H,27,29)(H2,25,26,31)/t18-,20-,21-/m0/s1. The minimum absolute atomic E-state index is 0.121. The zero-order chi connectivity index (χ0) is 22.8. The predicted molar refractivity (Wildman–Crippen MR) is 121 cm³/mol. The number of methoxy groups -OCH3 is 1. The highest BCUT2D eigenvalue weighted by atomic mass is 16.5. The Bertz CT molecular complexity index is 1020. The Balaban J connectivity index is 1.37. The summed E-state index contributed by atoms with van der Waals surface area (Å²) in [6.45, 7) is 4.26. The molecule has 2 fully saturated rings. The van der Waals surface area contributed by atoms with E-state index in [2.05, 4.69) is 16.0 Å². The van der Waals surface area contributed by atoms with E-state index in [0.29, 0.717) is 25.1 Å². The van der Waals surface area contributed by atoms with Crippen LogP contribution in [0.15, 0.2) is 42.5 Å². The second kappa shape index (κ2) is 8.90.